The summed E-state index contributed by atoms with van der Waals surface area (Å²) in [5.74, 6) is 0.290. The summed E-state index contributed by atoms with van der Waals surface area (Å²) in [4.78, 5) is 11.9. The number of nitriles is 1. The summed E-state index contributed by atoms with van der Waals surface area (Å²) < 4.78 is 5.21. The Morgan fingerprint density at radius 1 is 1.21 bits per heavy atom. The minimum Gasteiger partial charge on any atom is -0.496 e. The lowest BCUT2D eigenvalue weighted by Crippen LogP contribution is -2.33. The van der Waals surface area contributed by atoms with E-state index in [0.29, 0.717) is 17.0 Å². The van der Waals surface area contributed by atoms with Crippen LogP contribution in [0.1, 0.15) is 11.1 Å². The minimum absolute atomic E-state index is 0.118. The number of nitrogens with zero attached hydrogens (tertiary/aromatic N) is 1. The molecule has 6 heteroatoms. The first-order valence-corrected chi connectivity index (χ1v) is 7.47. The molecule has 0 saturated carbocycles. The Kier molecular flexibility index (Phi) is 6.06. The highest BCUT2D eigenvalue weighted by Gasteiger charge is 2.05. The lowest BCUT2D eigenvalue weighted by atomic mass is 10.2. The number of para-hydroxylation sites is 2. The van der Waals surface area contributed by atoms with Gasteiger partial charge >= 0.3 is 0 Å². The Bertz CT molecular complexity index is 825. The SMILES string of the molecule is COc1ccccc1/C=C/C(=O)NC(=S)Nc1ccccc1C#N. The maximum atomic E-state index is 11.9. The van der Waals surface area contributed by atoms with Crippen LogP contribution in [0.2, 0.25) is 0 Å². The number of ether oxygens (including phenoxy) is 1. The van der Waals surface area contributed by atoms with Crippen LogP contribution in [0.25, 0.3) is 6.08 Å². The normalized spacial score (nSPS) is 10.0. The van der Waals surface area contributed by atoms with E-state index in [4.69, 9.17) is 22.2 Å². The Morgan fingerprint density at radius 3 is 2.67 bits per heavy atom. The lowest BCUT2D eigenvalue weighted by Gasteiger charge is -2.09. The van der Waals surface area contributed by atoms with Crippen LogP contribution in [0.3, 0.4) is 0 Å². The lowest BCUT2D eigenvalue weighted by molar-refractivity contribution is -0.115. The quantitative estimate of drug-likeness (QED) is 0.662. The summed E-state index contributed by atoms with van der Waals surface area (Å²) in [6.07, 6.45) is 3.00. The molecule has 2 rings (SSSR count). The first-order valence-electron chi connectivity index (χ1n) is 7.06. The molecule has 1 amide bonds. The number of benzene rings is 2. The first kappa shape index (κ1) is 17.2. The van der Waals surface area contributed by atoms with Crippen LogP contribution in [-0.4, -0.2) is 18.1 Å². The van der Waals surface area contributed by atoms with Crippen molar-refractivity contribution in [1.82, 2.24) is 5.32 Å². The van der Waals surface area contributed by atoms with Crippen LogP contribution in [0.5, 0.6) is 5.75 Å². The molecular weight excluding hydrogens is 322 g/mol. The van der Waals surface area contributed by atoms with E-state index in [1.807, 2.05) is 24.3 Å². The summed E-state index contributed by atoms with van der Waals surface area (Å²) in [5.41, 5.74) is 1.77. The van der Waals surface area contributed by atoms with Gasteiger partial charge in [0.2, 0.25) is 5.91 Å². The van der Waals surface area contributed by atoms with Crippen LogP contribution >= 0.6 is 12.2 Å². The fourth-order valence-corrected chi connectivity index (χ4v) is 2.18. The van der Waals surface area contributed by atoms with Gasteiger partial charge in [-0.2, -0.15) is 5.26 Å². The molecule has 120 valence electrons. The third-order valence-electron chi connectivity index (χ3n) is 3.09. The van der Waals surface area contributed by atoms with Crippen LogP contribution in [0.4, 0.5) is 5.69 Å². The number of amides is 1. The van der Waals surface area contributed by atoms with Crippen molar-refractivity contribution in [3.63, 3.8) is 0 Å². The fourth-order valence-electron chi connectivity index (χ4n) is 1.97. The Balaban J connectivity index is 1.98. The summed E-state index contributed by atoms with van der Waals surface area (Å²) in [5, 5.41) is 14.5. The van der Waals surface area contributed by atoms with Crippen molar-refractivity contribution in [3.05, 3.63) is 65.7 Å². The van der Waals surface area contributed by atoms with Gasteiger partial charge in [-0.05, 0) is 36.5 Å². The molecule has 0 fully saturated rings. The van der Waals surface area contributed by atoms with Gasteiger partial charge in [0.1, 0.15) is 11.8 Å². The zero-order chi connectivity index (χ0) is 17.4. The fraction of sp³-hybridized carbons (Fsp3) is 0.0556. The van der Waals surface area contributed by atoms with E-state index in [9.17, 15) is 4.79 Å². The van der Waals surface area contributed by atoms with E-state index < -0.39 is 0 Å². The van der Waals surface area contributed by atoms with Crippen molar-refractivity contribution in [2.75, 3.05) is 12.4 Å². The van der Waals surface area contributed by atoms with Gasteiger partial charge in [-0.15, -0.1) is 0 Å². The molecule has 0 radical (unpaired) electrons. The Labute approximate surface area is 145 Å². The van der Waals surface area contributed by atoms with E-state index in [1.165, 1.54) is 6.08 Å². The van der Waals surface area contributed by atoms with Crippen molar-refractivity contribution in [3.8, 4) is 11.8 Å². The standard InChI is InChI=1S/C18H15N3O2S/c1-23-16-9-5-3-6-13(16)10-11-17(22)21-18(24)20-15-8-4-2-7-14(15)12-19/h2-11H,1H3,(H2,20,21,22,24)/b11-10+. The van der Waals surface area contributed by atoms with E-state index in [2.05, 4.69) is 16.7 Å². The third kappa shape index (κ3) is 4.66. The highest BCUT2D eigenvalue weighted by Crippen LogP contribution is 2.18. The number of carbonyl (C=O) groups is 1. The van der Waals surface area contributed by atoms with Crippen molar-refractivity contribution in [1.29, 1.82) is 5.26 Å². The predicted molar refractivity (Wildman–Crippen MR) is 97.5 cm³/mol. The van der Waals surface area contributed by atoms with Gasteiger partial charge < -0.3 is 10.1 Å². The average molecular weight is 337 g/mol. The largest absolute Gasteiger partial charge is 0.496 e. The number of methoxy groups -OCH3 is 1. The summed E-state index contributed by atoms with van der Waals surface area (Å²) >= 11 is 5.09. The monoisotopic (exact) mass is 337 g/mol. The zero-order valence-electron chi connectivity index (χ0n) is 12.9. The number of anilines is 1. The maximum Gasteiger partial charge on any atom is 0.250 e. The van der Waals surface area contributed by atoms with Crippen molar-refractivity contribution in [2.24, 2.45) is 0 Å². The first-order chi connectivity index (χ1) is 11.6. The maximum absolute atomic E-state index is 11.9. The molecule has 0 bridgehead atoms. The van der Waals surface area contributed by atoms with Gasteiger partial charge in [-0.3, -0.25) is 10.1 Å². The zero-order valence-corrected chi connectivity index (χ0v) is 13.8. The number of hydrogen-bond acceptors (Lipinski definition) is 4. The van der Waals surface area contributed by atoms with E-state index in [1.54, 1.807) is 37.5 Å². The van der Waals surface area contributed by atoms with Gasteiger partial charge in [0.05, 0.1) is 18.4 Å². The molecule has 5 nitrogen and oxygen atoms in total. The predicted octanol–water partition coefficient (Wildman–Crippen LogP) is 3.09. The molecule has 0 aromatic heterocycles. The molecule has 2 aromatic carbocycles. The molecule has 24 heavy (non-hydrogen) atoms. The number of nitrogens with one attached hydrogen (secondary N) is 2. The number of rotatable bonds is 4. The number of carbonyl (C=O) groups excluding carboxylic acids is 1. The molecule has 2 aromatic rings. The highest BCUT2D eigenvalue weighted by molar-refractivity contribution is 7.80. The van der Waals surface area contributed by atoms with Gasteiger partial charge in [0.15, 0.2) is 5.11 Å². The molecule has 0 aliphatic heterocycles. The van der Waals surface area contributed by atoms with Crippen LogP contribution < -0.4 is 15.4 Å². The molecule has 2 N–H and O–H groups in total. The average Bonchev–Trinajstić information content (AvgIpc) is 2.60. The Morgan fingerprint density at radius 2 is 1.92 bits per heavy atom. The molecule has 0 saturated heterocycles. The van der Waals surface area contributed by atoms with E-state index in [0.717, 1.165) is 5.56 Å². The topological polar surface area (TPSA) is 74.2 Å². The molecular formula is C18H15N3O2S. The highest BCUT2D eigenvalue weighted by atomic mass is 32.1. The summed E-state index contributed by atoms with van der Waals surface area (Å²) in [7, 11) is 1.57. The van der Waals surface area contributed by atoms with E-state index in [-0.39, 0.29) is 11.0 Å². The van der Waals surface area contributed by atoms with Gasteiger partial charge in [0, 0.05) is 11.6 Å². The molecule has 0 spiro atoms. The van der Waals surface area contributed by atoms with Gasteiger partial charge in [-0.25, -0.2) is 0 Å². The minimum atomic E-state index is -0.382. The van der Waals surface area contributed by atoms with Crippen molar-refractivity contribution >= 4 is 35.0 Å². The van der Waals surface area contributed by atoms with Crippen LogP contribution in [0, 0.1) is 11.3 Å². The second-order valence-corrected chi connectivity index (χ2v) is 5.08. The van der Waals surface area contributed by atoms with E-state index >= 15 is 0 Å². The van der Waals surface area contributed by atoms with Crippen LogP contribution in [-0.2, 0) is 4.79 Å². The second-order valence-electron chi connectivity index (χ2n) is 4.68. The van der Waals surface area contributed by atoms with Crippen molar-refractivity contribution < 1.29 is 9.53 Å². The van der Waals surface area contributed by atoms with Crippen molar-refractivity contribution in [2.45, 2.75) is 0 Å². The summed E-state index contributed by atoms with van der Waals surface area (Å²) in [6, 6.07) is 16.3. The second kappa shape index (κ2) is 8.46. The number of hydrogen-bond donors (Lipinski definition) is 2. The molecule has 0 atom stereocenters. The van der Waals surface area contributed by atoms with Gasteiger partial charge in [0.25, 0.3) is 0 Å². The summed E-state index contributed by atoms with van der Waals surface area (Å²) in [6.45, 7) is 0. The molecule has 0 aliphatic carbocycles. The van der Waals surface area contributed by atoms with Gasteiger partial charge in [-0.1, -0.05) is 30.3 Å². The molecule has 0 aliphatic rings. The Hall–Kier alpha value is -3.17. The molecule has 0 heterocycles. The molecule has 0 unspecified atom stereocenters. The smallest absolute Gasteiger partial charge is 0.250 e. The third-order valence-corrected chi connectivity index (χ3v) is 3.29. The number of thiocarbonyl (C=S) groups is 1. The van der Waals surface area contributed by atoms with Crippen LogP contribution in [0.15, 0.2) is 54.6 Å².